The summed E-state index contributed by atoms with van der Waals surface area (Å²) >= 11 is 0. The van der Waals surface area contributed by atoms with Crippen LogP contribution in [0.2, 0.25) is 0 Å². The number of hydrogen-bond acceptors (Lipinski definition) is 3. The molecule has 1 saturated heterocycles. The Labute approximate surface area is 125 Å². The van der Waals surface area contributed by atoms with Gasteiger partial charge in [0.25, 0.3) is 0 Å². The lowest BCUT2D eigenvalue weighted by atomic mass is 9.67. The van der Waals surface area contributed by atoms with Crippen molar-refractivity contribution in [1.82, 2.24) is 10.2 Å². The van der Waals surface area contributed by atoms with Crippen LogP contribution in [0.3, 0.4) is 0 Å². The largest absolute Gasteiger partial charge is 0.373 e. The summed E-state index contributed by atoms with van der Waals surface area (Å²) in [6.07, 6.45) is 4.11. The monoisotopic (exact) mass is 282 g/mol. The van der Waals surface area contributed by atoms with Gasteiger partial charge >= 0.3 is 0 Å². The lowest BCUT2D eigenvalue weighted by molar-refractivity contribution is -0.0927. The highest BCUT2D eigenvalue weighted by Crippen LogP contribution is 2.39. The van der Waals surface area contributed by atoms with E-state index >= 15 is 0 Å². The average Bonchev–Trinajstić information content (AvgIpc) is 2.32. The van der Waals surface area contributed by atoms with Gasteiger partial charge in [-0.2, -0.15) is 0 Å². The number of hydrogen-bond donors (Lipinski definition) is 1. The molecule has 2 unspecified atom stereocenters. The van der Waals surface area contributed by atoms with Crippen LogP contribution in [0.4, 0.5) is 0 Å². The van der Waals surface area contributed by atoms with E-state index in [1.54, 1.807) is 0 Å². The maximum absolute atomic E-state index is 5.84. The predicted octanol–water partition coefficient (Wildman–Crippen LogP) is 2.90. The Morgan fingerprint density at radius 1 is 1.25 bits per heavy atom. The lowest BCUT2D eigenvalue weighted by Crippen LogP contribution is -2.55. The Balaban J connectivity index is 1.99. The van der Waals surface area contributed by atoms with E-state index in [-0.39, 0.29) is 5.60 Å². The third-order valence-corrected chi connectivity index (χ3v) is 5.13. The van der Waals surface area contributed by atoms with E-state index in [0.29, 0.717) is 11.5 Å². The summed E-state index contributed by atoms with van der Waals surface area (Å²) in [4.78, 5) is 2.62. The van der Waals surface area contributed by atoms with Crippen LogP contribution >= 0.6 is 0 Å². The quantitative estimate of drug-likeness (QED) is 0.858. The molecule has 1 saturated carbocycles. The second-order valence-corrected chi connectivity index (χ2v) is 8.02. The molecule has 0 radical (unpaired) electrons. The Bertz CT molecular complexity index is 314. The Morgan fingerprint density at radius 3 is 2.65 bits per heavy atom. The van der Waals surface area contributed by atoms with Gasteiger partial charge in [0.15, 0.2) is 0 Å². The Morgan fingerprint density at radius 2 is 2.00 bits per heavy atom. The molecule has 1 aliphatic carbocycles. The number of morpholine rings is 1. The summed E-state index contributed by atoms with van der Waals surface area (Å²) in [6.45, 7) is 16.9. The van der Waals surface area contributed by atoms with Crippen molar-refractivity contribution in [3.05, 3.63) is 0 Å². The van der Waals surface area contributed by atoms with Gasteiger partial charge in [-0.1, -0.05) is 27.2 Å². The molecular weight excluding hydrogens is 248 g/mol. The number of nitrogens with one attached hydrogen (secondary N) is 1. The van der Waals surface area contributed by atoms with Crippen LogP contribution in [0.25, 0.3) is 0 Å². The lowest BCUT2D eigenvalue weighted by Gasteiger charge is -2.47. The molecule has 0 bridgehead atoms. The fraction of sp³-hybridized carbons (Fsp3) is 1.00. The first kappa shape index (κ1) is 16.3. The molecule has 2 aliphatic rings. The highest BCUT2D eigenvalue weighted by molar-refractivity contribution is 4.95. The average molecular weight is 282 g/mol. The van der Waals surface area contributed by atoms with Crippen LogP contribution < -0.4 is 5.32 Å². The van der Waals surface area contributed by atoms with E-state index in [2.05, 4.69) is 44.8 Å². The van der Waals surface area contributed by atoms with Gasteiger partial charge in [-0.3, -0.25) is 4.90 Å². The van der Waals surface area contributed by atoms with Crippen LogP contribution in [-0.4, -0.2) is 49.3 Å². The number of ether oxygens (including phenoxy) is 1. The molecule has 3 nitrogen and oxygen atoms in total. The highest BCUT2D eigenvalue weighted by Gasteiger charge is 2.39. The van der Waals surface area contributed by atoms with Gasteiger partial charge < -0.3 is 10.1 Å². The summed E-state index contributed by atoms with van der Waals surface area (Å²) in [5.74, 6) is 0.785. The zero-order valence-corrected chi connectivity index (χ0v) is 14.2. The molecule has 0 aromatic carbocycles. The zero-order chi connectivity index (χ0) is 14.8. The van der Waals surface area contributed by atoms with Crippen LogP contribution in [0, 0.1) is 11.3 Å². The Hall–Kier alpha value is -0.120. The molecule has 118 valence electrons. The van der Waals surface area contributed by atoms with E-state index in [0.717, 1.165) is 32.2 Å². The maximum atomic E-state index is 5.84. The first-order valence-corrected chi connectivity index (χ1v) is 8.44. The maximum Gasteiger partial charge on any atom is 0.0753 e. The second-order valence-electron chi connectivity index (χ2n) is 8.02. The molecule has 1 aliphatic heterocycles. The van der Waals surface area contributed by atoms with Crippen molar-refractivity contribution in [3.8, 4) is 0 Å². The second kappa shape index (κ2) is 6.33. The summed E-state index contributed by atoms with van der Waals surface area (Å²) in [6, 6.07) is 0.659. The van der Waals surface area contributed by atoms with Gasteiger partial charge in [0, 0.05) is 25.7 Å². The van der Waals surface area contributed by atoms with Crippen molar-refractivity contribution in [2.75, 3.05) is 32.8 Å². The molecule has 1 heterocycles. The van der Waals surface area contributed by atoms with Crippen LogP contribution in [0.5, 0.6) is 0 Å². The van der Waals surface area contributed by atoms with Crippen molar-refractivity contribution in [3.63, 3.8) is 0 Å². The summed E-state index contributed by atoms with van der Waals surface area (Å²) < 4.78 is 5.84. The minimum atomic E-state index is 0.0239. The van der Waals surface area contributed by atoms with E-state index in [4.69, 9.17) is 4.74 Å². The molecule has 0 spiro atoms. The van der Waals surface area contributed by atoms with E-state index in [9.17, 15) is 0 Å². The molecule has 20 heavy (non-hydrogen) atoms. The third kappa shape index (κ3) is 3.96. The van der Waals surface area contributed by atoms with E-state index in [1.807, 2.05) is 0 Å². The van der Waals surface area contributed by atoms with Gasteiger partial charge in [-0.15, -0.1) is 0 Å². The molecular formula is C17H34N2O. The van der Waals surface area contributed by atoms with Gasteiger partial charge in [-0.05, 0) is 44.6 Å². The van der Waals surface area contributed by atoms with Crippen molar-refractivity contribution >= 4 is 0 Å². The minimum Gasteiger partial charge on any atom is -0.373 e. The van der Waals surface area contributed by atoms with Gasteiger partial charge in [0.05, 0.1) is 12.2 Å². The standard InChI is InChI=1S/C17H34N2O/c1-6-18-15-14(8-7-9-16(15,2)3)12-19-10-11-20-17(4,5)13-19/h14-15,18H,6-13H2,1-5H3. The van der Waals surface area contributed by atoms with Gasteiger partial charge in [-0.25, -0.2) is 0 Å². The van der Waals surface area contributed by atoms with Crippen molar-refractivity contribution < 1.29 is 4.74 Å². The highest BCUT2D eigenvalue weighted by atomic mass is 16.5. The minimum absolute atomic E-state index is 0.0239. The molecule has 2 atom stereocenters. The molecule has 0 aromatic rings. The fourth-order valence-electron chi connectivity index (χ4n) is 4.24. The van der Waals surface area contributed by atoms with Gasteiger partial charge in [0.1, 0.15) is 0 Å². The molecule has 3 heteroatoms. The first-order valence-electron chi connectivity index (χ1n) is 8.44. The fourth-order valence-corrected chi connectivity index (χ4v) is 4.24. The Kier molecular flexibility index (Phi) is 5.14. The topological polar surface area (TPSA) is 24.5 Å². The molecule has 0 aromatic heterocycles. The first-order chi connectivity index (χ1) is 9.34. The molecule has 2 fully saturated rings. The van der Waals surface area contributed by atoms with Gasteiger partial charge in [0.2, 0.25) is 0 Å². The summed E-state index contributed by atoms with van der Waals surface area (Å²) in [5.41, 5.74) is 0.455. The van der Waals surface area contributed by atoms with Crippen molar-refractivity contribution in [2.24, 2.45) is 11.3 Å². The van der Waals surface area contributed by atoms with E-state index < -0.39 is 0 Å². The molecule has 2 rings (SSSR count). The number of nitrogens with zero attached hydrogens (tertiary/aromatic N) is 1. The normalized spacial score (nSPS) is 34.0. The van der Waals surface area contributed by atoms with Crippen LogP contribution in [0.1, 0.15) is 53.9 Å². The van der Waals surface area contributed by atoms with Crippen LogP contribution in [-0.2, 0) is 4.74 Å². The van der Waals surface area contributed by atoms with Crippen molar-refractivity contribution in [1.29, 1.82) is 0 Å². The SMILES string of the molecule is CCNC1C(CN2CCOC(C)(C)C2)CCCC1(C)C. The number of rotatable bonds is 4. The van der Waals surface area contributed by atoms with Crippen LogP contribution in [0.15, 0.2) is 0 Å². The zero-order valence-electron chi connectivity index (χ0n) is 14.2. The summed E-state index contributed by atoms with van der Waals surface area (Å²) in [5, 5.41) is 3.78. The summed E-state index contributed by atoms with van der Waals surface area (Å²) in [7, 11) is 0. The van der Waals surface area contributed by atoms with Crippen molar-refractivity contribution in [2.45, 2.75) is 65.5 Å². The third-order valence-electron chi connectivity index (χ3n) is 5.13. The predicted molar refractivity (Wildman–Crippen MR) is 85.1 cm³/mol. The smallest absolute Gasteiger partial charge is 0.0753 e. The molecule has 1 N–H and O–H groups in total. The van der Waals surface area contributed by atoms with E-state index in [1.165, 1.54) is 25.8 Å². The molecule has 0 amide bonds.